The molecule has 164 valence electrons. The van der Waals surface area contributed by atoms with Crippen LogP contribution in [0.25, 0.3) is 22.4 Å². The lowest BCUT2D eigenvalue weighted by molar-refractivity contribution is -0.402. The van der Waals surface area contributed by atoms with Crippen molar-refractivity contribution in [3.63, 3.8) is 0 Å². The van der Waals surface area contributed by atoms with Gasteiger partial charge < -0.3 is 8.83 Å². The normalized spacial score (nSPS) is 12.2. The highest BCUT2D eigenvalue weighted by Crippen LogP contribution is 2.28. The summed E-state index contributed by atoms with van der Waals surface area (Å²) in [6.07, 6.45) is 1.27. The van der Waals surface area contributed by atoms with Gasteiger partial charge in [0.25, 0.3) is 0 Å². The number of halogens is 2. The molecule has 0 aliphatic carbocycles. The Hall–Kier alpha value is -4.38. The molecule has 3 heterocycles. The fourth-order valence-corrected chi connectivity index (χ4v) is 3.90. The van der Waals surface area contributed by atoms with Crippen molar-refractivity contribution in [1.29, 1.82) is 0 Å². The summed E-state index contributed by atoms with van der Waals surface area (Å²) in [6, 6.07) is 14.9. The summed E-state index contributed by atoms with van der Waals surface area (Å²) in [4.78, 5) is 14.7. The lowest BCUT2D eigenvalue weighted by Crippen LogP contribution is -2.11. The number of nitro groups is 1. The van der Waals surface area contributed by atoms with Crippen LogP contribution in [0, 0.1) is 21.7 Å². The minimum absolute atomic E-state index is 0.0769. The minimum Gasteiger partial charge on any atom is -0.454 e. The Morgan fingerprint density at radius 1 is 1.06 bits per heavy atom. The number of benzene rings is 2. The number of rotatable bonds is 5. The topological polar surface area (TPSA) is 99.1 Å². The van der Waals surface area contributed by atoms with Gasteiger partial charge in [0.2, 0.25) is 4.80 Å². The molecular formula is C22H12F2N4O4S. The second-order valence-corrected chi connectivity index (χ2v) is 7.59. The molecule has 3 aromatic heterocycles. The summed E-state index contributed by atoms with van der Waals surface area (Å²) in [6.45, 7) is 0. The second kappa shape index (κ2) is 8.28. The van der Waals surface area contributed by atoms with Crippen LogP contribution in [0.4, 0.5) is 20.4 Å². The summed E-state index contributed by atoms with van der Waals surface area (Å²) in [5.41, 5.74) is 1.10. The molecule has 0 aliphatic rings. The van der Waals surface area contributed by atoms with Gasteiger partial charge in [-0.25, -0.2) is 18.4 Å². The predicted molar refractivity (Wildman–Crippen MR) is 117 cm³/mol. The molecule has 2 aromatic carbocycles. The fraction of sp³-hybridized carbons (Fsp3) is 0. The maximum atomic E-state index is 14.2. The molecule has 8 nitrogen and oxygen atoms in total. The van der Waals surface area contributed by atoms with E-state index in [1.807, 2.05) is 30.3 Å². The number of fused-ring (bicyclic) bond motifs is 1. The van der Waals surface area contributed by atoms with E-state index >= 15 is 0 Å². The highest BCUT2D eigenvalue weighted by atomic mass is 32.1. The van der Waals surface area contributed by atoms with Gasteiger partial charge in [0.1, 0.15) is 27.7 Å². The zero-order valence-electron chi connectivity index (χ0n) is 16.5. The van der Waals surface area contributed by atoms with E-state index in [-0.39, 0.29) is 16.2 Å². The average Bonchev–Trinajstić information content (AvgIpc) is 3.52. The van der Waals surface area contributed by atoms with E-state index in [0.717, 1.165) is 28.9 Å². The summed E-state index contributed by atoms with van der Waals surface area (Å²) in [5, 5.41) is 17.8. The Bertz CT molecular complexity index is 1560. The van der Waals surface area contributed by atoms with Crippen LogP contribution >= 0.6 is 11.3 Å². The molecule has 0 amide bonds. The van der Waals surface area contributed by atoms with Crippen LogP contribution in [0.1, 0.15) is 5.76 Å². The molecule has 0 spiro atoms. The number of furan rings is 2. The van der Waals surface area contributed by atoms with E-state index in [9.17, 15) is 18.9 Å². The van der Waals surface area contributed by atoms with Crippen LogP contribution in [-0.4, -0.2) is 15.8 Å². The Labute approximate surface area is 187 Å². The quantitative estimate of drug-likeness (QED) is 0.184. The van der Waals surface area contributed by atoms with Crippen molar-refractivity contribution in [2.45, 2.75) is 0 Å². The monoisotopic (exact) mass is 466 g/mol. The first-order valence-corrected chi connectivity index (χ1v) is 10.3. The van der Waals surface area contributed by atoms with Gasteiger partial charge in [-0.2, -0.15) is 5.10 Å². The third kappa shape index (κ3) is 4.08. The number of hydrogen-bond donors (Lipinski definition) is 0. The van der Waals surface area contributed by atoms with Gasteiger partial charge in [0, 0.05) is 16.8 Å². The third-order valence-corrected chi connectivity index (χ3v) is 5.40. The van der Waals surface area contributed by atoms with Gasteiger partial charge in [-0.1, -0.05) is 18.2 Å². The molecule has 0 saturated heterocycles. The Balaban J connectivity index is 1.65. The van der Waals surface area contributed by atoms with Crippen molar-refractivity contribution in [3.05, 3.63) is 98.4 Å². The van der Waals surface area contributed by atoms with Crippen molar-refractivity contribution < 1.29 is 22.5 Å². The second-order valence-electron chi connectivity index (χ2n) is 6.75. The third-order valence-electron chi connectivity index (χ3n) is 4.58. The van der Waals surface area contributed by atoms with Gasteiger partial charge in [0.05, 0.1) is 12.3 Å². The summed E-state index contributed by atoms with van der Waals surface area (Å²) in [5.74, 6) is -1.36. The van der Waals surface area contributed by atoms with Crippen LogP contribution in [0.5, 0.6) is 0 Å². The molecule has 0 aliphatic heterocycles. The van der Waals surface area contributed by atoms with Gasteiger partial charge in [-0.3, -0.25) is 10.1 Å². The van der Waals surface area contributed by atoms with Crippen LogP contribution in [0.15, 0.2) is 85.0 Å². The van der Waals surface area contributed by atoms with E-state index in [1.54, 1.807) is 5.38 Å². The summed E-state index contributed by atoms with van der Waals surface area (Å²) in [7, 11) is 0. The van der Waals surface area contributed by atoms with Crippen LogP contribution < -0.4 is 4.80 Å². The molecular weight excluding hydrogens is 454 g/mol. The largest absolute Gasteiger partial charge is 0.454 e. The molecule has 33 heavy (non-hydrogen) atoms. The van der Waals surface area contributed by atoms with Gasteiger partial charge in [0.15, 0.2) is 17.3 Å². The van der Waals surface area contributed by atoms with E-state index in [1.165, 1.54) is 29.1 Å². The smallest absolute Gasteiger partial charge is 0.433 e. The highest BCUT2D eigenvalue weighted by molar-refractivity contribution is 7.07. The Morgan fingerprint density at radius 2 is 1.91 bits per heavy atom. The van der Waals surface area contributed by atoms with E-state index in [4.69, 9.17) is 8.83 Å². The molecule has 0 saturated carbocycles. The van der Waals surface area contributed by atoms with Gasteiger partial charge >= 0.3 is 5.88 Å². The Kier molecular flexibility index (Phi) is 5.15. The molecule has 5 aromatic rings. The lowest BCUT2D eigenvalue weighted by Gasteiger charge is -2.00. The van der Waals surface area contributed by atoms with Crippen LogP contribution in [0.2, 0.25) is 0 Å². The van der Waals surface area contributed by atoms with Crippen molar-refractivity contribution in [3.8, 4) is 11.5 Å². The van der Waals surface area contributed by atoms with E-state index in [0.29, 0.717) is 17.0 Å². The van der Waals surface area contributed by atoms with Gasteiger partial charge in [-0.05, 0) is 30.3 Å². The molecule has 5 rings (SSSR count). The zero-order valence-corrected chi connectivity index (χ0v) is 17.3. The van der Waals surface area contributed by atoms with Gasteiger partial charge in [-0.15, -0.1) is 11.3 Å². The number of para-hydroxylation sites is 1. The molecule has 11 heteroatoms. The first kappa shape index (κ1) is 20.5. The maximum absolute atomic E-state index is 14.2. The number of hydrogen-bond acceptors (Lipinski definition) is 7. The molecule has 0 atom stereocenters. The Morgan fingerprint density at radius 3 is 2.67 bits per heavy atom. The van der Waals surface area contributed by atoms with Crippen LogP contribution in [-0.2, 0) is 0 Å². The highest BCUT2D eigenvalue weighted by Gasteiger charge is 2.15. The summed E-state index contributed by atoms with van der Waals surface area (Å²) >= 11 is 1.16. The minimum atomic E-state index is -0.828. The molecule has 0 fully saturated rings. The number of nitrogens with zero attached hydrogens (tertiary/aromatic N) is 4. The van der Waals surface area contributed by atoms with E-state index < -0.39 is 22.4 Å². The van der Waals surface area contributed by atoms with Crippen molar-refractivity contribution in [1.82, 2.24) is 4.68 Å². The van der Waals surface area contributed by atoms with Crippen molar-refractivity contribution in [2.75, 3.05) is 0 Å². The first-order chi connectivity index (χ1) is 16.0. The molecule has 0 N–H and O–H groups in total. The maximum Gasteiger partial charge on any atom is 0.433 e. The average molecular weight is 466 g/mol. The number of aromatic nitrogens is 1. The first-order valence-electron chi connectivity index (χ1n) is 9.46. The standard InChI is InChI=1S/C22H12F2N4O4S/c23-14-5-7-17(16(24)10-14)26-22-27(25-11-15-6-8-21(31-15)28(29)30)18(12-33-22)20-9-13-3-1-2-4-19(13)32-20/h1-12H. The van der Waals surface area contributed by atoms with E-state index in [2.05, 4.69) is 10.1 Å². The fourth-order valence-electron chi connectivity index (χ4n) is 3.07. The zero-order chi connectivity index (χ0) is 22.9. The molecule has 0 bridgehead atoms. The molecule has 0 unspecified atom stereocenters. The molecule has 0 radical (unpaired) electrons. The predicted octanol–water partition coefficient (Wildman–Crippen LogP) is 5.86. The van der Waals surface area contributed by atoms with Crippen molar-refractivity contribution in [2.24, 2.45) is 10.1 Å². The number of thiazole rings is 1. The summed E-state index contributed by atoms with van der Waals surface area (Å²) < 4.78 is 39.9. The van der Waals surface area contributed by atoms with Crippen molar-refractivity contribution >= 4 is 40.1 Å². The van der Waals surface area contributed by atoms with Crippen LogP contribution in [0.3, 0.4) is 0 Å². The lowest BCUT2D eigenvalue weighted by atomic mass is 10.2. The SMILES string of the molecule is O=[N+]([O-])c1ccc(C=Nn2c(-c3cc4ccccc4o3)csc2=Nc2ccc(F)cc2F)o1.